The molecule has 0 spiro atoms. The summed E-state index contributed by atoms with van der Waals surface area (Å²) in [6.07, 6.45) is 1.31. The van der Waals surface area contributed by atoms with Crippen LogP contribution in [0.3, 0.4) is 0 Å². The van der Waals surface area contributed by atoms with Gasteiger partial charge in [-0.05, 0) is 26.7 Å². The highest BCUT2D eigenvalue weighted by molar-refractivity contribution is 7.89. The molecule has 0 radical (unpaired) electrons. The quantitative estimate of drug-likeness (QED) is 0.762. The van der Waals surface area contributed by atoms with Crippen LogP contribution in [0, 0.1) is 13.8 Å². The number of nitrogens with zero attached hydrogens (tertiary/aromatic N) is 2. The maximum absolute atomic E-state index is 12.1. The SMILES string of the molecule is CCCNS(=O)(=O)c1c(C)nn(CCCO)c1C. The van der Waals surface area contributed by atoms with Crippen LogP contribution in [-0.2, 0) is 16.6 Å². The second-order valence-corrected chi connectivity index (χ2v) is 5.90. The van der Waals surface area contributed by atoms with E-state index in [1.165, 1.54) is 0 Å². The van der Waals surface area contributed by atoms with Crippen molar-refractivity contribution in [3.8, 4) is 0 Å². The van der Waals surface area contributed by atoms with E-state index in [9.17, 15) is 8.42 Å². The van der Waals surface area contributed by atoms with E-state index in [4.69, 9.17) is 5.11 Å². The summed E-state index contributed by atoms with van der Waals surface area (Å²) in [6.45, 7) is 6.33. The monoisotopic (exact) mass is 275 g/mol. The van der Waals surface area contributed by atoms with Gasteiger partial charge < -0.3 is 5.11 Å². The van der Waals surface area contributed by atoms with Crippen LogP contribution >= 0.6 is 0 Å². The van der Waals surface area contributed by atoms with Crippen LogP contribution in [0.5, 0.6) is 0 Å². The Labute approximate surface area is 108 Å². The largest absolute Gasteiger partial charge is 0.396 e. The van der Waals surface area contributed by atoms with Crippen molar-refractivity contribution >= 4 is 10.0 Å². The summed E-state index contributed by atoms with van der Waals surface area (Å²) in [5, 5.41) is 13.0. The molecule has 1 heterocycles. The second kappa shape index (κ2) is 6.31. The number of aliphatic hydroxyl groups is 1. The average molecular weight is 275 g/mol. The molecule has 1 aromatic heterocycles. The maximum atomic E-state index is 12.1. The van der Waals surface area contributed by atoms with Crippen LogP contribution in [-0.4, -0.2) is 36.5 Å². The summed E-state index contributed by atoms with van der Waals surface area (Å²) >= 11 is 0. The van der Waals surface area contributed by atoms with E-state index in [0.717, 1.165) is 6.42 Å². The first kappa shape index (κ1) is 15.1. The molecule has 0 saturated carbocycles. The Morgan fingerprint density at radius 2 is 2.06 bits per heavy atom. The van der Waals surface area contributed by atoms with Crippen molar-refractivity contribution in [3.63, 3.8) is 0 Å². The molecular weight excluding hydrogens is 254 g/mol. The number of aliphatic hydroxyl groups excluding tert-OH is 1. The molecule has 0 aliphatic heterocycles. The third-order valence-electron chi connectivity index (χ3n) is 2.65. The van der Waals surface area contributed by atoms with Crippen molar-refractivity contribution in [1.82, 2.24) is 14.5 Å². The van der Waals surface area contributed by atoms with E-state index in [-0.39, 0.29) is 11.5 Å². The fourth-order valence-corrected chi connectivity index (χ4v) is 3.36. The van der Waals surface area contributed by atoms with E-state index >= 15 is 0 Å². The minimum absolute atomic E-state index is 0.0640. The molecular formula is C11H21N3O3S. The third kappa shape index (κ3) is 3.30. The molecule has 0 bridgehead atoms. The topological polar surface area (TPSA) is 84.2 Å². The van der Waals surface area contributed by atoms with Gasteiger partial charge in [0.05, 0.1) is 11.4 Å². The summed E-state index contributed by atoms with van der Waals surface area (Å²) in [5.41, 5.74) is 1.11. The lowest BCUT2D eigenvalue weighted by Gasteiger charge is -2.06. The van der Waals surface area contributed by atoms with E-state index < -0.39 is 10.0 Å². The van der Waals surface area contributed by atoms with Crippen LogP contribution in [0.15, 0.2) is 4.90 Å². The summed E-state index contributed by atoms with van der Waals surface area (Å²) in [4.78, 5) is 0.258. The van der Waals surface area contributed by atoms with Gasteiger partial charge in [-0.2, -0.15) is 5.10 Å². The zero-order valence-electron chi connectivity index (χ0n) is 11.1. The van der Waals surface area contributed by atoms with Crippen molar-refractivity contribution < 1.29 is 13.5 Å². The number of rotatable bonds is 7. The Hall–Kier alpha value is -0.920. The predicted molar refractivity (Wildman–Crippen MR) is 68.9 cm³/mol. The fourth-order valence-electron chi connectivity index (χ4n) is 1.82. The van der Waals surface area contributed by atoms with E-state index in [2.05, 4.69) is 9.82 Å². The summed E-state index contributed by atoms with van der Waals surface area (Å²) < 4.78 is 28.4. The van der Waals surface area contributed by atoms with Gasteiger partial charge in [0.2, 0.25) is 10.0 Å². The van der Waals surface area contributed by atoms with Crippen molar-refractivity contribution in [2.75, 3.05) is 13.2 Å². The number of sulfonamides is 1. The zero-order valence-corrected chi connectivity index (χ0v) is 11.9. The predicted octanol–water partition coefficient (Wildman–Crippen LogP) is 0.571. The minimum Gasteiger partial charge on any atom is -0.396 e. The molecule has 18 heavy (non-hydrogen) atoms. The first-order valence-corrected chi connectivity index (χ1v) is 7.57. The molecule has 2 N–H and O–H groups in total. The number of hydrogen-bond acceptors (Lipinski definition) is 4. The normalized spacial score (nSPS) is 12.0. The molecule has 0 aliphatic rings. The van der Waals surface area contributed by atoms with E-state index in [0.29, 0.717) is 30.9 Å². The average Bonchev–Trinajstić information content (AvgIpc) is 2.59. The molecule has 0 aromatic carbocycles. The molecule has 0 atom stereocenters. The molecule has 7 heteroatoms. The second-order valence-electron chi connectivity index (χ2n) is 4.20. The summed E-state index contributed by atoms with van der Waals surface area (Å²) in [7, 11) is -3.48. The Bertz CT molecular complexity index is 494. The lowest BCUT2D eigenvalue weighted by atomic mass is 10.4. The Balaban J connectivity index is 3.05. The summed E-state index contributed by atoms with van der Waals surface area (Å²) in [5.74, 6) is 0. The van der Waals surface area contributed by atoms with Crippen molar-refractivity contribution in [2.24, 2.45) is 0 Å². The fraction of sp³-hybridized carbons (Fsp3) is 0.727. The maximum Gasteiger partial charge on any atom is 0.244 e. The van der Waals surface area contributed by atoms with Crippen LogP contribution in [0.4, 0.5) is 0 Å². The summed E-state index contributed by atoms with van der Waals surface area (Å²) in [6, 6.07) is 0. The van der Waals surface area contributed by atoms with Gasteiger partial charge in [-0.1, -0.05) is 6.92 Å². The molecule has 0 fully saturated rings. The number of aryl methyl sites for hydroxylation is 2. The molecule has 104 valence electrons. The Morgan fingerprint density at radius 3 is 2.61 bits per heavy atom. The molecule has 0 saturated heterocycles. The highest BCUT2D eigenvalue weighted by atomic mass is 32.2. The van der Waals surface area contributed by atoms with Gasteiger partial charge in [0.1, 0.15) is 4.90 Å². The van der Waals surface area contributed by atoms with Crippen LogP contribution in [0.2, 0.25) is 0 Å². The highest BCUT2D eigenvalue weighted by Crippen LogP contribution is 2.19. The van der Waals surface area contributed by atoms with Crippen molar-refractivity contribution in [1.29, 1.82) is 0 Å². The molecule has 0 amide bonds. The zero-order chi connectivity index (χ0) is 13.8. The van der Waals surface area contributed by atoms with Crippen molar-refractivity contribution in [3.05, 3.63) is 11.4 Å². The van der Waals surface area contributed by atoms with Crippen LogP contribution < -0.4 is 4.72 Å². The first-order valence-electron chi connectivity index (χ1n) is 6.08. The number of aromatic nitrogens is 2. The smallest absolute Gasteiger partial charge is 0.244 e. The van der Waals surface area contributed by atoms with Crippen molar-refractivity contribution in [2.45, 2.75) is 45.1 Å². The molecule has 6 nitrogen and oxygen atoms in total. The van der Waals surface area contributed by atoms with Gasteiger partial charge in [0.25, 0.3) is 0 Å². The molecule has 0 unspecified atom stereocenters. The van der Waals surface area contributed by atoms with E-state index in [1.54, 1.807) is 18.5 Å². The third-order valence-corrected chi connectivity index (χ3v) is 4.37. The van der Waals surface area contributed by atoms with Crippen LogP contribution in [0.1, 0.15) is 31.2 Å². The van der Waals surface area contributed by atoms with Gasteiger partial charge >= 0.3 is 0 Å². The standard InChI is InChI=1S/C11H21N3O3S/c1-4-6-12-18(16,17)11-9(2)13-14(10(11)3)7-5-8-15/h12,15H,4-8H2,1-3H3. The minimum atomic E-state index is -3.48. The lowest BCUT2D eigenvalue weighted by molar-refractivity contribution is 0.276. The Kier molecular flexibility index (Phi) is 5.30. The van der Waals surface area contributed by atoms with Gasteiger partial charge in [0, 0.05) is 19.7 Å². The van der Waals surface area contributed by atoms with E-state index in [1.807, 2.05) is 6.92 Å². The number of nitrogens with one attached hydrogen (secondary N) is 1. The highest BCUT2D eigenvalue weighted by Gasteiger charge is 2.23. The molecule has 1 aromatic rings. The number of hydrogen-bond donors (Lipinski definition) is 2. The molecule has 0 aliphatic carbocycles. The lowest BCUT2D eigenvalue weighted by Crippen LogP contribution is -2.25. The molecule has 1 rings (SSSR count). The van der Waals surface area contributed by atoms with Gasteiger partial charge in [-0.15, -0.1) is 0 Å². The first-order chi connectivity index (χ1) is 8.44. The Morgan fingerprint density at radius 1 is 1.39 bits per heavy atom. The van der Waals surface area contributed by atoms with Gasteiger partial charge in [0.15, 0.2) is 0 Å². The van der Waals surface area contributed by atoms with Gasteiger partial charge in [-0.3, -0.25) is 4.68 Å². The van der Waals surface area contributed by atoms with Gasteiger partial charge in [-0.25, -0.2) is 13.1 Å². The van der Waals surface area contributed by atoms with Crippen LogP contribution in [0.25, 0.3) is 0 Å².